The molecule has 2 N–H and O–H groups in total. The zero-order chi connectivity index (χ0) is 20.9. The molecule has 0 heterocycles. The van der Waals surface area contributed by atoms with Gasteiger partial charge in [-0.15, -0.1) is 0 Å². The third-order valence-corrected chi connectivity index (χ3v) is 6.03. The van der Waals surface area contributed by atoms with Crippen LogP contribution in [0.4, 0.5) is 0 Å². The number of amides is 1. The Balaban J connectivity index is 2.00. The number of hydrogen-bond donors (Lipinski definition) is 2. The Morgan fingerprint density at radius 3 is 2.43 bits per heavy atom. The molecular weight excluding hydrogens is 429 g/mol. The summed E-state index contributed by atoms with van der Waals surface area (Å²) in [5, 5.41) is 12.7. The van der Waals surface area contributed by atoms with E-state index in [9.17, 15) is 18.0 Å². The summed E-state index contributed by atoms with van der Waals surface area (Å²) in [4.78, 5) is 22.5. The van der Waals surface area contributed by atoms with Gasteiger partial charge in [0.05, 0.1) is 23.3 Å². The Kier molecular flexibility index (Phi) is 7.14. The lowest BCUT2D eigenvalue weighted by Crippen LogP contribution is -2.36. The molecule has 0 aromatic heterocycles. The Hall–Kier alpha value is -2.46. The summed E-state index contributed by atoms with van der Waals surface area (Å²) in [6.45, 7) is -0.500. The predicted octanol–water partition coefficient (Wildman–Crippen LogP) is 2.46. The van der Waals surface area contributed by atoms with Crippen LogP contribution in [0.1, 0.15) is 15.9 Å². The number of likely N-dealkylation sites (N-methyl/N-ethyl adjacent to an activating group) is 1. The smallest absolute Gasteiger partial charge is 0.335 e. The number of nitrogens with zero attached hydrogens (tertiary/aromatic N) is 2. The number of nitrogens with one attached hydrogen (secondary N) is 1. The van der Waals surface area contributed by atoms with Crippen LogP contribution < -0.4 is 5.43 Å². The van der Waals surface area contributed by atoms with Gasteiger partial charge >= 0.3 is 5.97 Å². The molecule has 1 amide bonds. The van der Waals surface area contributed by atoms with E-state index in [4.69, 9.17) is 28.3 Å². The summed E-state index contributed by atoms with van der Waals surface area (Å²) >= 11 is 11.7. The van der Waals surface area contributed by atoms with Crippen molar-refractivity contribution in [2.24, 2.45) is 5.10 Å². The maximum Gasteiger partial charge on any atom is 0.335 e. The number of carbonyl (C=O) groups excluding carboxylic acids is 1. The molecule has 0 atom stereocenters. The highest BCUT2D eigenvalue weighted by Crippen LogP contribution is 2.27. The first-order valence-electron chi connectivity index (χ1n) is 7.68. The molecule has 0 aliphatic heterocycles. The van der Waals surface area contributed by atoms with Gasteiger partial charge in [-0.05, 0) is 35.9 Å². The van der Waals surface area contributed by atoms with Crippen molar-refractivity contribution in [2.75, 3.05) is 13.6 Å². The van der Waals surface area contributed by atoms with Crippen LogP contribution in [0.15, 0.2) is 52.5 Å². The molecule has 11 heteroatoms. The molecule has 0 aliphatic carbocycles. The number of halogens is 2. The lowest BCUT2D eigenvalue weighted by Gasteiger charge is -2.17. The number of rotatable bonds is 7. The molecule has 2 rings (SSSR count). The van der Waals surface area contributed by atoms with Crippen molar-refractivity contribution < 1.29 is 23.1 Å². The summed E-state index contributed by atoms with van der Waals surface area (Å²) in [6, 6.07) is 9.80. The average Bonchev–Trinajstić information content (AvgIpc) is 2.64. The van der Waals surface area contributed by atoms with E-state index >= 15 is 0 Å². The third kappa shape index (κ3) is 5.52. The molecule has 0 saturated heterocycles. The summed E-state index contributed by atoms with van der Waals surface area (Å²) in [5.74, 6) is -1.73. The van der Waals surface area contributed by atoms with Gasteiger partial charge in [0, 0.05) is 12.1 Å². The second-order valence-corrected chi connectivity index (χ2v) is 8.41. The topological polar surface area (TPSA) is 116 Å². The summed E-state index contributed by atoms with van der Waals surface area (Å²) in [7, 11) is -2.81. The lowest BCUT2D eigenvalue weighted by molar-refractivity contribution is -0.121. The number of carbonyl (C=O) groups is 2. The van der Waals surface area contributed by atoms with E-state index in [2.05, 4.69) is 10.5 Å². The molecule has 0 radical (unpaired) electrons. The fraction of sp³-hybridized carbons (Fsp3) is 0.118. The van der Waals surface area contributed by atoms with Crippen LogP contribution >= 0.6 is 23.2 Å². The minimum Gasteiger partial charge on any atom is -0.478 e. The molecule has 0 unspecified atom stereocenters. The Labute approximate surface area is 171 Å². The fourth-order valence-corrected chi connectivity index (χ4v) is 3.92. The van der Waals surface area contributed by atoms with Crippen molar-refractivity contribution in [2.45, 2.75) is 4.90 Å². The minimum absolute atomic E-state index is 0.0144. The highest BCUT2D eigenvalue weighted by molar-refractivity contribution is 7.89. The lowest BCUT2D eigenvalue weighted by atomic mass is 10.1. The summed E-state index contributed by atoms with van der Waals surface area (Å²) < 4.78 is 25.9. The van der Waals surface area contributed by atoms with E-state index in [-0.39, 0.29) is 20.5 Å². The predicted molar refractivity (Wildman–Crippen MR) is 105 cm³/mol. The first kappa shape index (κ1) is 21.8. The van der Waals surface area contributed by atoms with Gasteiger partial charge in [0.15, 0.2) is 0 Å². The van der Waals surface area contributed by atoms with Gasteiger partial charge < -0.3 is 5.11 Å². The van der Waals surface area contributed by atoms with Crippen LogP contribution in [0.3, 0.4) is 0 Å². The van der Waals surface area contributed by atoms with E-state index in [0.717, 1.165) is 4.31 Å². The maximum absolute atomic E-state index is 12.5. The van der Waals surface area contributed by atoms with E-state index in [1.165, 1.54) is 55.7 Å². The van der Waals surface area contributed by atoms with Gasteiger partial charge in [0.25, 0.3) is 5.91 Å². The van der Waals surface area contributed by atoms with Gasteiger partial charge in [-0.1, -0.05) is 35.3 Å². The third-order valence-electron chi connectivity index (χ3n) is 3.51. The van der Waals surface area contributed by atoms with E-state index < -0.39 is 28.4 Å². The van der Waals surface area contributed by atoms with Gasteiger partial charge in [-0.3, -0.25) is 4.79 Å². The van der Waals surface area contributed by atoms with E-state index in [0.29, 0.717) is 5.56 Å². The fourth-order valence-electron chi connectivity index (χ4n) is 2.06. The van der Waals surface area contributed by atoms with Gasteiger partial charge in [0.2, 0.25) is 10.0 Å². The maximum atomic E-state index is 12.5. The molecule has 8 nitrogen and oxygen atoms in total. The molecule has 148 valence electrons. The molecule has 2 aromatic rings. The zero-order valence-corrected chi connectivity index (χ0v) is 16.8. The average molecular weight is 444 g/mol. The zero-order valence-electron chi connectivity index (χ0n) is 14.5. The minimum atomic E-state index is -4.03. The molecule has 0 fully saturated rings. The number of benzene rings is 2. The SMILES string of the molecule is CN(CC(=O)N/N=C\c1ccc(C(=O)O)cc1)S(=O)(=O)c1cc(Cl)ccc1Cl. The number of hydrazone groups is 1. The van der Waals surface area contributed by atoms with Crippen LogP contribution in [-0.4, -0.2) is 49.5 Å². The quantitative estimate of drug-likeness (QED) is 0.503. The standard InChI is InChI=1S/C17H15Cl2N3O5S/c1-22(28(26,27)15-8-13(18)6-7-14(15)19)10-16(23)21-20-9-11-2-4-12(5-3-11)17(24)25/h2-9H,10H2,1H3,(H,21,23)(H,24,25)/b20-9-. The summed E-state index contributed by atoms with van der Waals surface area (Å²) in [5.41, 5.74) is 2.87. The number of aromatic carboxylic acids is 1. The van der Waals surface area contributed by atoms with Crippen LogP contribution in [0.2, 0.25) is 10.0 Å². The van der Waals surface area contributed by atoms with Crippen molar-refractivity contribution in [1.29, 1.82) is 0 Å². The monoisotopic (exact) mass is 443 g/mol. The van der Waals surface area contributed by atoms with Crippen molar-refractivity contribution in [3.05, 3.63) is 63.6 Å². The van der Waals surface area contributed by atoms with Crippen LogP contribution in [-0.2, 0) is 14.8 Å². The summed E-state index contributed by atoms with van der Waals surface area (Å²) in [6.07, 6.45) is 1.30. The molecule has 0 spiro atoms. The van der Waals surface area contributed by atoms with Crippen molar-refractivity contribution in [3.63, 3.8) is 0 Å². The molecule has 2 aromatic carbocycles. The van der Waals surface area contributed by atoms with Gasteiger partial charge in [-0.25, -0.2) is 18.6 Å². The molecule has 0 bridgehead atoms. The molecule has 0 saturated carbocycles. The van der Waals surface area contributed by atoms with Crippen LogP contribution in [0.25, 0.3) is 0 Å². The van der Waals surface area contributed by atoms with Gasteiger partial charge in [-0.2, -0.15) is 9.41 Å². The number of carboxylic acids is 1. The first-order chi connectivity index (χ1) is 13.1. The highest BCUT2D eigenvalue weighted by atomic mass is 35.5. The Morgan fingerprint density at radius 1 is 1.18 bits per heavy atom. The number of carboxylic acid groups (broad SMARTS) is 1. The van der Waals surface area contributed by atoms with Gasteiger partial charge in [0.1, 0.15) is 4.90 Å². The normalized spacial score (nSPS) is 11.7. The Bertz CT molecular complexity index is 1020. The van der Waals surface area contributed by atoms with Crippen LogP contribution in [0, 0.1) is 0 Å². The molecular formula is C17H15Cl2N3O5S. The van der Waals surface area contributed by atoms with E-state index in [1.807, 2.05) is 0 Å². The largest absolute Gasteiger partial charge is 0.478 e. The Morgan fingerprint density at radius 2 is 1.82 bits per heavy atom. The first-order valence-corrected chi connectivity index (χ1v) is 9.87. The molecule has 28 heavy (non-hydrogen) atoms. The van der Waals surface area contributed by atoms with Crippen LogP contribution in [0.5, 0.6) is 0 Å². The number of sulfonamides is 1. The molecule has 0 aliphatic rings. The van der Waals surface area contributed by atoms with Crippen molar-refractivity contribution >= 4 is 51.3 Å². The highest BCUT2D eigenvalue weighted by Gasteiger charge is 2.25. The van der Waals surface area contributed by atoms with Crippen molar-refractivity contribution in [3.8, 4) is 0 Å². The second-order valence-electron chi connectivity index (χ2n) is 5.56. The van der Waals surface area contributed by atoms with Crippen molar-refractivity contribution in [1.82, 2.24) is 9.73 Å². The van der Waals surface area contributed by atoms with E-state index in [1.54, 1.807) is 0 Å². The number of hydrogen-bond acceptors (Lipinski definition) is 5. The second kappa shape index (κ2) is 9.16.